The Morgan fingerprint density at radius 2 is 1.35 bits per heavy atom. The van der Waals surface area contributed by atoms with Crippen LogP contribution in [0.2, 0.25) is 0 Å². The molecule has 3 rings (SSSR count). The number of unbranched alkanes of at least 4 members (excludes halogenated alkanes) is 2. The highest BCUT2D eigenvalue weighted by Gasteiger charge is 2.34. The van der Waals surface area contributed by atoms with Crippen molar-refractivity contribution in [3.63, 3.8) is 0 Å². The van der Waals surface area contributed by atoms with E-state index in [0.717, 1.165) is 37.5 Å². The van der Waals surface area contributed by atoms with E-state index in [9.17, 15) is 4.39 Å². The maximum atomic E-state index is 14.4. The lowest BCUT2D eigenvalue weighted by atomic mass is 9.74. The van der Waals surface area contributed by atoms with Gasteiger partial charge in [-0.2, -0.15) is 0 Å². The highest BCUT2D eigenvalue weighted by molar-refractivity contribution is 5.28. The van der Waals surface area contributed by atoms with Gasteiger partial charge >= 0.3 is 0 Å². The molecule has 1 aromatic carbocycles. The molecule has 2 fully saturated rings. The van der Waals surface area contributed by atoms with Crippen LogP contribution in [0.4, 0.5) is 4.39 Å². The molecule has 0 nitrogen and oxygen atoms in total. The third kappa shape index (κ3) is 5.11. The minimum Gasteiger partial charge on any atom is -0.244 e. The standard InChI is InChI=1S/C25H39F/c1-3-5-6-7-20-8-10-21(11-9-20)22-12-14-23(15-13-22)24-16-18-25(26,4-2)19-17-24/h12-15,20-21,24H,3-11,16-19H2,1-2H3. The van der Waals surface area contributed by atoms with Crippen molar-refractivity contribution in [3.8, 4) is 0 Å². The number of hydrogen-bond acceptors (Lipinski definition) is 0. The van der Waals surface area contributed by atoms with Crippen LogP contribution >= 0.6 is 0 Å². The highest BCUT2D eigenvalue weighted by Crippen LogP contribution is 2.42. The van der Waals surface area contributed by atoms with Gasteiger partial charge in [0.05, 0.1) is 0 Å². The summed E-state index contributed by atoms with van der Waals surface area (Å²) in [6.07, 6.45) is 15.4. The maximum absolute atomic E-state index is 14.4. The van der Waals surface area contributed by atoms with Gasteiger partial charge in [-0.1, -0.05) is 63.8 Å². The summed E-state index contributed by atoms with van der Waals surface area (Å²) in [6, 6.07) is 9.47. The first-order valence-electron chi connectivity index (χ1n) is 11.4. The van der Waals surface area contributed by atoms with E-state index in [1.807, 2.05) is 6.92 Å². The molecule has 0 aliphatic heterocycles. The summed E-state index contributed by atoms with van der Waals surface area (Å²) in [5, 5.41) is 0. The van der Waals surface area contributed by atoms with Gasteiger partial charge in [0.2, 0.25) is 0 Å². The van der Waals surface area contributed by atoms with Crippen molar-refractivity contribution in [1.82, 2.24) is 0 Å². The van der Waals surface area contributed by atoms with Crippen LogP contribution in [0.15, 0.2) is 24.3 Å². The number of rotatable bonds is 7. The van der Waals surface area contributed by atoms with Crippen LogP contribution < -0.4 is 0 Å². The Hall–Kier alpha value is -0.850. The van der Waals surface area contributed by atoms with E-state index < -0.39 is 5.67 Å². The van der Waals surface area contributed by atoms with Crippen LogP contribution in [-0.2, 0) is 0 Å². The zero-order valence-electron chi connectivity index (χ0n) is 17.1. The molecule has 2 saturated carbocycles. The lowest BCUT2D eigenvalue weighted by Crippen LogP contribution is -2.27. The van der Waals surface area contributed by atoms with E-state index >= 15 is 0 Å². The van der Waals surface area contributed by atoms with Crippen LogP contribution in [0, 0.1) is 5.92 Å². The third-order valence-corrected chi connectivity index (χ3v) is 7.46. The minimum absolute atomic E-state index is 0.578. The Labute approximate surface area is 161 Å². The summed E-state index contributed by atoms with van der Waals surface area (Å²) in [5.41, 5.74) is 2.11. The van der Waals surface area contributed by atoms with Gasteiger partial charge in [-0.15, -0.1) is 0 Å². The molecule has 0 radical (unpaired) electrons. The Morgan fingerprint density at radius 3 is 1.85 bits per heavy atom. The first kappa shape index (κ1) is 19.9. The van der Waals surface area contributed by atoms with Gasteiger partial charge in [0.1, 0.15) is 5.67 Å². The zero-order chi connectivity index (χ0) is 18.4. The lowest BCUT2D eigenvalue weighted by molar-refractivity contribution is 0.0939. The second-order valence-electron chi connectivity index (χ2n) is 9.16. The van der Waals surface area contributed by atoms with Crippen molar-refractivity contribution >= 4 is 0 Å². The van der Waals surface area contributed by atoms with Crippen molar-refractivity contribution in [2.24, 2.45) is 5.92 Å². The van der Waals surface area contributed by atoms with E-state index in [-0.39, 0.29) is 0 Å². The summed E-state index contributed by atoms with van der Waals surface area (Å²) in [4.78, 5) is 0. The van der Waals surface area contributed by atoms with Gasteiger partial charge in [0.15, 0.2) is 0 Å². The average molecular weight is 359 g/mol. The molecule has 0 heterocycles. The molecule has 0 spiro atoms. The largest absolute Gasteiger partial charge is 0.244 e. The molecule has 0 bridgehead atoms. The van der Waals surface area contributed by atoms with Crippen molar-refractivity contribution < 1.29 is 4.39 Å². The first-order chi connectivity index (χ1) is 12.6. The Balaban J connectivity index is 1.48. The van der Waals surface area contributed by atoms with Crippen molar-refractivity contribution in [2.75, 3.05) is 0 Å². The highest BCUT2D eigenvalue weighted by atomic mass is 19.1. The predicted molar refractivity (Wildman–Crippen MR) is 111 cm³/mol. The fraction of sp³-hybridized carbons (Fsp3) is 0.760. The summed E-state index contributed by atoms with van der Waals surface area (Å²) >= 11 is 0. The van der Waals surface area contributed by atoms with E-state index in [4.69, 9.17) is 0 Å². The summed E-state index contributed by atoms with van der Waals surface area (Å²) < 4.78 is 14.4. The van der Waals surface area contributed by atoms with Gasteiger partial charge in [-0.3, -0.25) is 0 Å². The van der Waals surface area contributed by atoms with Crippen molar-refractivity contribution in [3.05, 3.63) is 35.4 Å². The Bertz CT molecular complexity index is 516. The predicted octanol–water partition coefficient (Wildman–Crippen LogP) is 8.32. The Kier molecular flexibility index (Phi) is 7.18. The number of benzene rings is 1. The van der Waals surface area contributed by atoms with Crippen molar-refractivity contribution in [1.29, 1.82) is 0 Å². The van der Waals surface area contributed by atoms with Gasteiger partial charge in [0, 0.05) is 0 Å². The maximum Gasteiger partial charge on any atom is 0.110 e. The number of alkyl halides is 1. The van der Waals surface area contributed by atoms with E-state index in [0.29, 0.717) is 12.3 Å². The molecule has 0 aromatic heterocycles. The van der Waals surface area contributed by atoms with E-state index in [1.165, 1.54) is 56.9 Å². The summed E-state index contributed by atoms with van der Waals surface area (Å²) in [5.74, 6) is 2.34. The molecule has 146 valence electrons. The van der Waals surface area contributed by atoms with E-state index in [2.05, 4.69) is 31.2 Å². The molecule has 1 heteroatoms. The Morgan fingerprint density at radius 1 is 0.808 bits per heavy atom. The van der Waals surface area contributed by atoms with Crippen LogP contribution in [0.25, 0.3) is 0 Å². The fourth-order valence-electron chi connectivity index (χ4n) is 5.33. The second-order valence-corrected chi connectivity index (χ2v) is 9.16. The molecular formula is C25H39F. The van der Waals surface area contributed by atoms with Gasteiger partial charge in [-0.05, 0) is 86.7 Å². The van der Waals surface area contributed by atoms with Crippen LogP contribution in [-0.4, -0.2) is 5.67 Å². The lowest BCUT2D eigenvalue weighted by Gasteiger charge is -2.33. The molecule has 1 aromatic rings. The molecule has 0 N–H and O–H groups in total. The quantitative estimate of drug-likeness (QED) is 0.430. The van der Waals surface area contributed by atoms with Crippen LogP contribution in [0.1, 0.15) is 120 Å². The van der Waals surface area contributed by atoms with Crippen LogP contribution in [0.5, 0.6) is 0 Å². The second kappa shape index (κ2) is 9.38. The molecule has 2 aliphatic rings. The zero-order valence-corrected chi connectivity index (χ0v) is 17.1. The fourth-order valence-corrected chi connectivity index (χ4v) is 5.33. The number of hydrogen-bond donors (Lipinski definition) is 0. The normalized spacial score (nSPS) is 32.5. The van der Waals surface area contributed by atoms with Gasteiger partial charge < -0.3 is 0 Å². The van der Waals surface area contributed by atoms with Crippen LogP contribution in [0.3, 0.4) is 0 Å². The topological polar surface area (TPSA) is 0 Å². The molecular weight excluding hydrogens is 319 g/mol. The first-order valence-corrected chi connectivity index (χ1v) is 11.4. The SMILES string of the molecule is CCCCCC1CCC(c2ccc(C3CCC(F)(CC)CC3)cc2)CC1. The molecule has 0 unspecified atom stereocenters. The monoisotopic (exact) mass is 358 g/mol. The van der Waals surface area contributed by atoms with Gasteiger partial charge in [0.25, 0.3) is 0 Å². The minimum atomic E-state index is -0.883. The molecule has 2 aliphatic carbocycles. The number of halogens is 1. The smallest absolute Gasteiger partial charge is 0.110 e. The molecule has 0 saturated heterocycles. The summed E-state index contributed by atoms with van der Waals surface area (Å²) in [6.45, 7) is 4.29. The molecule has 0 amide bonds. The van der Waals surface area contributed by atoms with Gasteiger partial charge in [-0.25, -0.2) is 4.39 Å². The molecule has 0 atom stereocenters. The van der Waals surface area contributed by atoms with Crippen molar-refractivity contribution in [2.45, 2.75) is 115 Å². The average Bonchev–Trinajstić information content (AvgIpc) is 2.70. The summed E-state index contributed by atoms with van der Waals surface area (Å²) in [7, 11) is 0. The third-order valence-electron chi connectivity index (χ3n) is 7.46. The van der Waals surface area contributed by atoms with E-state index in [1.54, 1.807) is 5.56 Å². The molecule has 26 heavy (non-hydrogen) atoms.